The van der Waals surface area contributed by atoms with E-state index in [9.17, 15) is 4.79 Å². The van der Waals surface area contributed by atoms with Crippen molar-refractivity contribution >= 4 is 23.2 Å². The van der Waals surface area contributed by atoms with Crippen LogP contribution in [0.25, 0.3) is 11.1 Å². The Morgan fingerprint density at radius 1 is 1.33 bits per heavy atom. The van der Waals surface area contributed by atoms with E-state index in [1.807, 2.05) is 38.1 Å². The first-order valence-electron chi connectivity index (χ1n) is 6.67. The number of nitrogens with zero attached hydrogens (tertiary/aromatic N) is 1. The van der Waals surface area contributed by atoms with Gasteiger partial charge in [0.25, 0.3) is 0 Å². The molecule has 1 aromatic carbocycles. The number of aromatic nitrogens is 1. The summed E-state index contributed by atoms with van der Waals surface area (Å²) in [6.07, 6.45) is 0. The topological polar surface area (TPSA) is 51.2 Å². The summed E-state index contributed by atoms with van der Waals surface area (Å²) in [5.74, 6) is 0.143. The lowest BCUT2D eigenvalue weighted by Crippen LogP contribution is -2.17. The minimum Gasteiger partial charge on any atom is -0.480 e. The van der Waals surface area contributed by atoms with Gasteiger partial charge in [0.05, 0.1) is 24.3 Å². The summed E-state index contributed by atoms with van der Waals surface area (Å²) in [5.41, 5.74) is 4.10. The van der Waals surface area contributed by atoms with Crippen LogP contribution in [0.3, 0.4) is 0 Å². The Morgan fingerprint density at radius 2 is 2.10 bits per heavy atom. The molecule has 1 aromatic heterocycles. The molecule has 1 amide bonds. The zero-order valence-corrected chi connectivity index (χ0v) is 12.8. The Morgan fingerprint density at radius 3 is 2.81 bits per heavy atom. The van der Waals surface area contributed by atoms with Crippen molar-refractivity contribution < 1.29 is 9.53 Å². The minimum absolute atomic E-state index is 0.0649. The number of hydrogen-bond donors (Lipinski definition) is 1. The van der Waals surface area contributed by atoms with Crippen molar-refractivity contribution in [1.29, 1.82) is 0 Å². The van der Waals surface area contributed by atoms with Gasteiger partial charge in [-0.3, -0.25) is 4.79 Å². The monoisotopic (exact) mass is 302 g/mol. The van der Waals surface area contributed by atoms with E-state index in [2.05, 4.69) is 10.3 Å². The first-order valence-corrected chi connectivity index (χ1v) is 7.05. The Hall–Kier alpha value is -2.07. The van der Waals surface area contributed by atoms with Crippen LogP contribution < -0.4 is 10.1 Å². The highest BCUT2D eigenvalue weighted by Crippen LogP contribution is 2.43. The van der Waals surface area contributed by atoms with Gasteiger partial charge in [0.2, 0.25) is 11.8 Å². The lowest BCUT2D eigenvalue weighted by Gasteiger charge is -2.14. The van der Waals surface area contributed by atoms with Crippen molar-refractivity contribution in [2.45, 2.75) is 19.8 Å². The van der Waals surface area contributed by atoms with E-state index >= 15 is 0 Å². The van der Waals surface area contributed by atoms with Gasteiger partial charge < -0.3 is 10.1 Å². The summed E-state index contributed by atoms with van der Waals surface area (Å²) in [7, 11) is 1.58. The minimum atomic E-state index is -0.295. The third kappa shape index (κ3) is 2.25. The van der Waals surface area contributed by atoms with Gasteiger partial charge in [-0.1, -0.05) is 17.7 Å². The van der Waals surface area contributed by atoms with Crippen LogP contribution in [0.1, 0.15) is 24.1 Å². The number of anilines is 1. The van der Waals surface area contributed by atoms with Gasteiger partial charge in [0.15, 0.2) is 0 Å². The lowest BCUT2D eigenvalue weighted by atomic mass is 9.92. The number of carbonyl (C=O) groups excluding carboxylic acids is 1. The second kappa shape index (κ2) is 5.04. The molecular formula is C16H15ClN2O2. The van der Waals surface area contributed by atoms with Gasteiger partial charge in [-0.05, 0) is 43.2 Å². The molecule has 21 heavy (non-hydrogen) atoms. The summed E-state index contributed by atoms with van der Waals surface area (Å²) in [6, 6.07) is 7.40. The highest BCUT2D eigenvalue weighted by Gasteiger charge is 2.28. The van der Waals surface area contributed by atoms with Crippen LogP contribution in [0, 0.1) is 6.92 Å². The zero-order chi connectivity index (χ0) is 15.1. The molecule has 0 radical (unpaired) electrons. The zero-order valence-electron chi connectivity index (χ0n) is 12.0. The second-order valence-corrected chi connectivity index (χ2v) is 5.57. The molecule has 1 aliphatic heterocycles. The van der Waals surface area contributed by atoms with E-state index in [0.717, 1.165) is 28.1 Å². The molecule has 0 saturated heterocycles. The number of pyridine rings is 1. The second-order valence-electron chi connectivity index (χ2n) is 5.14. The predicted octanol–water partition coefficient (Wildman–Crippen LogP) is 3.77. The number of amides is 1. The fourth-order valence-electron chi connectivity index (χ4n) is 2.65. The van der Waals surface area contributed by atoms with Crippen LogP contribution >= 0.6 is 11.6 Å². The first kappa shape index (κ1) is 13.9. The van der Waals surface area contributed by atoms with Crippen LogP contribution in [0.15, 0.2) is 24.3 Å². The average molecular weight is 303 g/mol. The number of fused-ring (bicyclic) bond motifs is 3. The molecular weight excluding hydrogens is 288 g/mol. The predicted molar refractivity (Wildman–Crippen MR) is 83.0 cm³/mol. The molecule has 0 spiro atoms. The first-order chi connectivity index (χ1) is 10.0. The van der Waals surface area contributed by atoms with E-state index in [1.54, 1.807) is 7.11 Å². The molecule has 5 heteroatoms. The molecule has 4 nitrogen and oxygen atoms in total. The molecule has 0 saturated carbocycles. The van der Waals surface area contributed by atoms with Crippen LogP contribution in [0.2, 0.25) is 5.02 Å². The Kier molecular flexibility index (Phi) is 3.33. The molecule has 1 unspecified atom stereocenters. The molecule has 3 rings (SSSR count). The maximum atomic E-state index is 12.3. The number of hydrogen-bond acceptors (Lipinski definition) is 3. The smallest absolute Gasteiger partial charge is 0.231 e. The number of aryl methyl sites for hydroxylation is 1. The fraction of sp³-hybridized carbons (Fsp3) is 0.250. The van der Waals surface area contributed by atoms with Gasteiger partial charge in [0.1, 0.15) is 0 Å². The molecule has 0 fully saturated rings. The van der Waals surface area contributed by atoms with Gasteiger partial charge in [0, 0.05) is 10.7 Å². The van der Waals surface area contributed by atoms with E-state index < -0.39 is 0 Å². The molecule has 2 heterocycles. The van der Waals surface area contributed by atoms with E-state index in [1.165, 1.54) is 0 Å². The number of methoxy groups -OCH3 is 1. The number of halogens is 1. The van der Waals surface area contributed by atoms with Gasteiger partial charge >= 0.3 is 0 Å². The SMILES string of the molecule is COc1nc(C)cc2c1-c1ccc(Cl)cc1C(C)C(=O)N2. The molecule has 0 bridgehead atoms. The quantitative estimate of drug-likeness (QED) is 0.872. The van der Waals surface area contributed by atoms with Crippen molar-refractivity contribution in [3.05, 3.63) is 40.5 Å². The van der Waals surface area contributed by atoms with Crippen molar-refractivity contribution in [3.63, 3.8) is 0 Å². The highest BCUT2D eigenvalue weighted by atomic mass is 35.5. The molecule has 1 N–H and O–H groups in total. The third-order valence-corrected chi connectivity index (χ3v) is 3.94. The third-order valence-electron chi connectivity index (χ3n) is 3.71. The van der Waals surface area contributed by atoms with Gasteiger partial charge in [-0.25, -0.2) is 4.98 Å². The van der Waals surface area contributed by atoms with Crippen molar-refractivity contribution in [2.24, 2.45) is 0 Å². The number of ether oxygens (including phenoxy) is 1. The summed E-state index contributed by atoms with van der Waals surface area (Å²) >= 11 is 6.09. The lowest BCUT2D eigenvalue weighted by molar-refractivity contribution is -0.117. The molecule has 1 aliphatic rings. The summed E-state index contributed by atoms with van der Waals surface area (Å²) in [4.78, 5) is 16.8. The van der Waals surface area contributed by atoms with Crippen LogP contribution in [-0.4, -0.2) is 18.0 Å². The standard InChI is InChI=1S/C16H15ClN2O2/c1-8-6-13-14(16(18-8)21-3)11-5-4-10(17)7-12(11)9(2)15(20)19-13/h4-7,9H,1-3H3,(H,19,20). The van der Waals surface area contributed by atoms with Crippen LogP contribution in [0.4, 0.5) is 5.69 Å². The maximum Gasteiger partial charge on any atom is 0.231 e. The van der Waals surface area contributed by atoms with Crippen molar-refractivity contribution in [3.8, 4) is 17.0 Å². The fourth-order valence-corrected chi connectivity index (χ4v) is 2.83. The number of carbonyl (C=O) groups is 1. The number of nitrogens with one attached hydrogen (secondary N) is 1. The summed E-state index contributed by atoms with van der Waals surface area (Å²) in [5, 5.41) is 3.56. The van der Waals surface area contributed by atoms with E-state index in [4.69, 9.17) is 16.3 Å². The maximum absolute atomic E-state index is 12.3. The summed E-state index contributed by atoms with van der Waals surface area (Å²) < 4.78 is 5.41. The number of rotatable bonds is 1. The van der Waals surface area contributed by atoms with Crippen LogP contribution in [0.5, 0.6) is 5.88 Å². The van der Waals surface area contributed by atoms with Crippen molar-refractivity contribution in [2.75, 3.05) is 12.4 Å². The molecule has 1 atom stereocenters. The van der Waals surface area contributed by atoms with Gasteiger partial charge in [-0.2, -0.15) is 0 Å². The Balaban J connectivity index is 2.38. The average Bonchev–Trinajstić information content (AvgIpc) is 2.55. The Labute approximate surface area is 128 Å². The largest absolute Gasteiger partial charge is 0.480 e. The molecule has 0 aliphatic carbocycles. The normalized spacial score (nSPS) is 16.6. The summed E-state index contributed by atoms with van der Waals surface area (Å²) in [6.45, 7) is 3.73. The number of benzene rings is 1. The molecule has 2 aromatic rings. The highest BCUT2D eigenvalue weighted by molar-refractivity contribution is 6.30. The van der Waals surface area contributed by atoms with Crippen LogP contribution in [-0.2, 0) is 4.79 Å². The van der Waals surface area contributed by atoms with Gasteiger partial charge in [-0.15, -0.1) is 0 Å². The van der Waals surface area contributed by atoms with E-state index in [-0.39, 0.29) is 11.8 Å². The Bertz CT molecular complexity index is 743. The molecule has 108 valence electrons. The van der Waals surface area contributed by atoms with E-state index in [0.29, 0.717) is 10.9 Å². The van der Waals surface area contributed by atoms with Crippen molar-refractivity contribution in [1.82, 2.24) is 4.98 Å².